The van der Waals surface area contributed by atoms with E-state index in [1.54, 1.807) is 30.6 Å². The van der Waals surface area contributed by atoms with Crippen molar-refractivity contribution in [2.24, 2.45) is 5.92 Å². The lowest BCUT2D eigenvalue weighted by atomic mass is 9.97. The number of carboxylic acid groups (broad SMARTS) is 1. The maximum absolute atomic E-state index is 11.0. The standard InChI is InChI=1S/C18H19N5O3/c24-14-1-2-15-16(7-14)21-17(9-19-15)13-8-20-23(11-13)10-12-3-5-22(6-4-12)18(25)26/h1-2,7-9,11-12,24H,3-6,10H2,(H,25,26). The van der Waals surface area contributed by atoms with Gasteiger partial charge in [-0.05, 0) is 30.9 Å². The second-order valence-corrected chi connectivity index (χ2v) is 6.59. The van der Waals surface area contributed by atoms with E-state index in [0.29, 0.717) is 30.2 Å². The third-order valence-electron chi connectivity index (χ3n) is 4.79. The van der Waals surface area contributed by atoms with Gasteiger partial charge in [-0.25, -0.2) is 9.78 Å². The lowest BCUT2D eigenvalue weighted by Crippen LogP contribution is -2.38. The number of hydrogen-bond acceptors (Lipinski definition) is 5. The van der Waals surface area contributed by atoms with Gasteiger partial charge in [0.25, 0.3) is 0 Å². The SMILES string of the molecule is O=C(O)N1CCC(Cn2cc(-c3cnc4ccc(O)cc4n3)cn2)CC1. The van der Waals surface area contributed by atoms with Crippen molar-refractivity contribution in [3.8, 4) is 17.0 Å². The molecular weight excluding hydrogens is 334 g/mol. The van der Waals surface area contributed by atoms with Crippen molar-refractivity contribution < 1.29 is 15.0 Å². The predicted octanol–water partition coefficient (Wildman–Crippen LogP) is 2.59. The number of nitrogens with zero attached hydrogens (tertiary/aromatic N) is 5. The first-order chi connectivity index (χ1) is 12.6. The smallest absolute Gasteiger partial charge is 0.407 e. The number of amides is 1. The minimum atomic E-state index is -0.842. The Labute approximate surface area is 149 Å². The summed E-state index contributed by atoms with van der Waals surface area (Å²) in [4.78, 5) is 21.4. The molecule has 3 aromatic rings. The molecule has 0 aliphatic carbocycles. The summed E-state index contributed by atoms with van der Waals surface area (Å²) in [5, 5.41) is 23.0. The number of rotatable bonds is 3. The fourth-order valence-corrected chi connectivity index (χ4v) is 3.31. The Morgan fingerprint density at radius 3 is 2.77 bits per heavy atom. The van der Waals surface area contributed by atoms with Crippen LogP contribution in [-0.4, -0.2) is 54.0 Å². The molecule has 1 aliphatic rings. The number of hydrogen-bond donors (Lipinski definition) is 2. The highest BCUT2D eigenvalue weighted by atomic mass is 16.4. The molecule has 8 nitrogen and oxygen atoms in total. The van der Waals surface area contributed by atoms with Crippen LogP contribution in [-0.2, 0) is 6.54 Å². The van der Waals surface area contributed by atoms with E-state index in [1.807, 2.05) is 10.9 Å². The topological polar surface area (TPSA) is 104 Å². The lowest BCUT2D eigenvalue weighted by molar-refractivity contribution is 0.121. The average molecular weight is 353 g/mol. The number of aromatic nitrogens is 4. The first-order valence-electron chi connectivity index (χ1n) is 8.55. The van der Waals surface area contributed by atoms with Crippen molar-refractivity contribution in [2.75, 3.05) is 13.1 Å². The van der Waals surface area contributed by atoms with Crippen LogP contribution >= 0.6 is 0 Å². The van der Waals surface area contributed by atoms with Crippen LogP contribution in [0.3, 0.4) is 0 Å². The number of fused-ring (bicyclic) bond motifs is 1. The fraction of sp³-hybridized carbons (Fsp3) is 0.333. The van der Waals surface area contributed by atoms with Crippen LogP contribution in [0, 0.1) is 5.92 Å². The summed E-state index contributed by atoms with van der Waals surface area (Å²) in [7, 11) is 0. The van der Waals surface area contributed by atoms with Crippen molar-refractivity contribution in [1.82, 2.24) is 24.6 Å². The molecule has 1 aromatic carbocycles. The van der Waals surface area contributed by atoms with E-state index >= 15 is 0 Å². The Kier molecular flexibility index (Phi) is 4.16. The van der Waals surface area contributed by atoms with Crippen molar-refractivity contribution >= 4 is 17.1 Å². The predicted molar refractivity (Wildman–Crippen MR) is 94.7 cm³/mol. The van der Waals surface area contributed by atoms with Gasteiger partial charge in [-0.15, -0.1) is 0 Å². The molecule has 4 rings (SSSR count). The Balaban J connectivity index is 1.47. The van der Waals surface area contributed by atoms with Crippen LogP contribution in [0.1, 0.15) is 12.8 Å². The third kappa shape index (κ3) is 3.30. The number of phenolic OH excluding ortho intramolecular Hbond substituents is 1. The number of benzene rings is 1. The molecule has 134 valence electrons. The molecule has 0 radical (unpaired) electrons. The molecule has 1 fully saturated rings. The highest BCUT2D eigenvalue weighted by Crippen LogP contribution is 2.23. The zero-order valence-electron chi connectivity index (χ0n) is 14.1. The Hall–Kier alpha value is -3.16. The lowest BCUT2D eigenvalue weighted by Gasteiger charge is -2.29. The van der Waals surface area contributed by atoms with Gasteiger partial charge in [-0.3, -0.25) is 9.67 Å². The highest BCUT2D eigenvalue weighted by molar-refractivity contribution is 5.78. The molecule has 0 bridgehead atoms. The van der Waals surface area contributed by atoms with Gasteiger partial charge in [0.15, 0.2) is 0 Å². The van der Waals surface area contributed by atoms with Crippen molar-refractivity contribution in [3.63, 3.8) is 0 Å². The van der Waals surface area contributed by atoms with Crippen LogP contribution < -0.4 is 0 Å². The van der Waals surface area contributed by atoms with Crippen LogP contribution in [0.15, 0.2) is 36.8 Å². The summed E-state index contributed by atoms with van der Waals surface area (Å²) in [6.07, 6.45) is 6.23. The first kappa shape index (κ1) is 16.3. The molecule has 0 atom stereocenters. The molecule has 2 aromatic heterocycles. The Morgan fingerprint density at radius 2 is 2.00 bits per heavy atom. The number of likely N-dealkylation sites (tertiary alicyclic amines) is 1. The minimum absolute atomic E-state index is 0.160. The molecule has 8 heteroatoms. The molecule has 3 heterocycles. The van der Waals surface area contributed by atoms with Gasteiger partial charge < -0.3 is 15.1 Å². The molecule has 1 aliphatic heterocycles. The molecular formula is C18H19N5O3. The number of phenols is 1. The summed E-state index contributed by atoms with van der Waals surface area (Å²) >= 11 is 0. The van der Waals surface area contributed by atoms with E-state index in [9.17, 15) is 9.90 Å². The summed E-state index contributed by atoms with van der Waals surface area (Å²) in [6.45, 7) is 1.91. The maximum atomic E-state index is 11.0. The minimum Gasteiger partial charge on any atom is -0.508 e. The van der Waals surface area contributed by atoms with Gasteiger partial charge in [0.1, 0.15) is 5.75 Å². The molecule has 0 saturated carbocycles. The summed E-state index contributed by atoms with van der Waals surface area (Å²) < 4.78 is 1.88. The van der Waals surface area contributed by atoms with Crippen molar-refractivity contribution in [3.05, 3.63) is 36.8 Å². The molecule has 26 heavy (non-hydrogen) atoms. The largest absolute Gasteiger partial charge is 0.508 e. The van der Waals surface area contributed by atoms with E-state index in [2.05, 4.69) is 15.1 Å². The van der Waals surface area contributed by atoms with Gasteiger partial charge in [0.05, 0.1) is 29.1 Å². The number of piperidine rings is 1. The van der Waals surface area contributed by atoms with Gasteiger partial charge in [0, 0.05) is 37.5 Å². The summed E-state index contributed by atoms with van der Waals surface area (Å²) in [6, 6.07) is 4.91. The second kappa shape index (κ2) is 6.62. The van der Waals surface area contributed by atoms with Gasteiger partial charge >= 0.3 is 6.09 Å². The zero-order valence-corrected chi connectivity index (χ0v) is 14.1. The van der Waals surface area contributed by atoms with E-state index in [-0.39, 0.29) is 5.75 Å². The highest BCUT2D eigenvalue weighted by Gasteiger charge is 2.22. The molecule has 1 amide bonds. The van der Waals surface area contributed by atoms with Gasteiger partial charge in [-0.2, -0.15) is 5.10 Å². The molecule has 0 spiro atoms. The molecule has 1 saturated heterocycles. The first-order valence-corrected chi connectivity index (χ1v) is 8.55. The van der Waals surface area contributed by atoms with E-state index in [1.165, 1.54) is 4.90 Å². The zero-order chi connectivity index (χ0) is 18.1. The van der Waals surface area contributed by atoms with Crippen LogP contribution in [0.5, 0.6) is 5.75 Å². The van der Waals surface area contributed by atoms with Crippen molar-refractivity contribution in [2.45, 2.75) is 19.4 Å². The third-order valence-corrected chi connectivity index (χ3v) is 4.79. The normalized spacial score (nSPS) is 15.5. The van der Waals surface area contributed by atoms with E-state index in [4.69, 9.17) is 5.11 Å². The molecule has 2 N–H and O–H groups in total. The fourth-order valence-electron chi connectivity index (χ4n) is 3.31. The average Bonchev–Trinajstić information content (AvgIpc) is 3.10. The number of aromatic hydroxyl groups is 1. The van der Waals surface area contributed by atoms with Crippen molar-refractivity contribution in [1.29, 1.82) is 0 Å². The van der Waals surface area contributed by atoms with Crippen LogP contribution in [0.2, 0.25) is 0 Å². The maximum Gasteiger partial charge on any atom is 0.407 e. The monoisotopic (exact) mass is 353 g/mol. The summed E-state index contributed by atoms with van der Waals surface area (Å²) in [5.41, 5.74) is 2.93. The van der Waals surface area contributed by atoms with E-state index < -0.39 is 6.09 Å². The van der Waals surface area contributed by atoms with Gasteiger partial charge in [-0.1, -0.05) is 0 Å². The Morgan fingerprint density at radius 1 is 1.19 bits per heavy atom. The quantitative estimate of drug-likeness (QED) is 0.750. The second-order valence-electron chi connectivity index (χ2n) is 6.59. The molecule has 0 unspecified atom stereocenters. The summed E-state index contributed by atoms with van der Waals surface area (Å²) in [5.74, 6) is 0.574. The van der Waals surface area contributed by atoms with E-state index in [0.717, 1.165) is 30.5 Å². The van der Waals surface area contributed by atoms with Crippen LogP contribution in [0.4, 0.5) is 4.79 Å². The Bertz CT molecular complexity index is 947. The van der Waals surface area contributed by atoms with Crippen LogP contribution in [0.25, 0.3) is 22.3 Å². The number of carbonyl (C=O) groups is 1. The van der Waals surface area contributed by atoms with Gasteiger partial charge in [0.2, 0.25) is 0 Å².